The minimum absolute atomic E-state index is 0.0368. The molecule has 1 heterocycles. The van der Waals surface area contributed by atoms with Gasteiger partial charge in [0.2, 0.25) is 0 Å². The highest BCUT2D eigenvalue weighted by Crippen LogP contribution is 2.60. The van der Waals surface area contributed by atoms with E-state index in [-0.39, 0.29) is 29.5 Å². The number of carbonyl (C=O) groups excluding carboxylic acids is 2. The van der Waals surface area contributed by atoms with Crippen molar-refractivity contribution >= 4 is 34.8 Å². The van der Waals surface area contributed by atoms with E-state index in [9.17, 15) is 9.59 Å². The quantitative estimate of drug-likeness (QED) is 0.702. The number of hydrogen-bond donors (Lipinski definition) is 2. The van der Waals surface area contributed by atoms with Crippen LogP contribution in [0.25, 0.3) is 0 Å². The molecule has 8 heteroatoms. The van der Waals surface area contributed by atoms with Crippen molar-refractivity contribution in [1.82, 2.24) is 15.6 Å². The van der Waals surface area contributed by atoms with Gasteiger partial charge in [-0.3, -0.25) is 9.59 Å². The average molecular weight is 432 g/mol. The van der Waals surface area contributed by atoms with Crippen molar-refractivity contribution in [2.45, 2.75) is 56.0 Å². The van der Waals surface area contributed by atoms with Crippen molar-refractivity contribution in [1.29, 1.82) is 0 Å². The summed E-state index contributed by atoms with van der Waals surface area (Å²) in [6.07, 6.45) is 4.65. The zero-order chi connectivity index (χ0) is 20.2. The molecule has 152 valence electrons. The molecule has 0 atom stereocenters. The lowest BCUT2D eigenvalue weighted by Crippen LogP contribution is -2.84. The first-order valence-electron chi connectivity index (χ1n) is 9.83. The van der Waals surface area contributed by atoms with Crippen LogP contribution < -0.4 is 15.4 Å². The van der Waals surface area contributed by atoms with Crippen LogP contribution >= 0.6 is 22.9 Å². The molecule has 6 nitrogen and oxygen atoms in total. The second kappa shape index (κ2) is 6.71. The molecule has 4 saturated carbocycles. The van der Waals surface area contributed by atoms with Gasteiger partial charge in [0.1, 0.15) is 11.4 Å². The molecular formula is C21H22ClN3O3S. The number of ether oxygens (including phenoxy) is 1. The molecule has 29 heavy (non-hydrogen) atoms. The number of aryl methyl sites for hydroxylation is 1. The van der Waals surface area contributed by atoms with E-state index >= 15 is 0 Å². The maximum atomic E-state index is 12.5. The first-order valence-corrected chi connectivity index (χ1v) is 11.1. The molecular weight excluding hydrogens is 410 g/mol. The highest BCUT2D eigenvalue weighted by Gasteiger charge is 2.69. The minimum atomic E-state index is -0.203. The molecule has 0 spiro atoms. The van der Waals surface area contributed by atoms with Crippen LogP contribution in [0.4, 0.5) is 0 Å². The highest BCUT2D eigenvalue weighted by molar-refractivity contribution is 7.10. The van der Waals surface area contributed by atoms with E-state index in [0.29, 0.717) is 22.4 Å². The molecule has 1 aromatic heterocycles. The summed E-state index contributed by atoms with van der Waals surface area (Å²) in [4.78, 5) is 29.2. The lowest BCUT2D eigenvalue weighted by Gasteiger charge is -2.70. The Morgan fingerprint density at radius 1 is 1.24 bits per heavy atom. The van der Waals surface area contributed by atoms with Gasteiger partial charge in [-0.15, -0.1) is 11.3 Å². The lowest BCUT2D eigenvalue weighted by molar-refractivity contribution is -0.141. The smallest absolute Gasteiger partial charge is 0.271 e. The second-order valence-electron chi connectivity index (χ2n) is 8.64. The lowest BCUT2D eigenvalue weighted by atomic mass is 9.44. The first-order chi connectivity index (χ1) is 13.9. The van der Waals surface area contributed by atoms with Gasteiger partial charge in [0.25, 0.3) is 11.8 Å². The van der Waals surface area contributed by atoms with Crippen molar-refractivity contribution in [3.63, 3.8) is 0 Å². The molecule has 2 bridgehead atoms. The van der Waals surface area contributed by atoms with Crippen molar-refractivity contribution in [3.05, 3.63) is 44.9 Å². The molecule has 0 aliphatic heterocycles. The number of halogens is 1. The Labute approximate surface area is 178 Å². The van der Waals surface area contributed by atoms with Gasteiger partial charge in [0.15, 0.2) is 6.61 Å². The van der Waals surface area contributed by atoms with Gasteiger partial charge in [-0.1, -0.05) is 11.6 Å². The van der Waals surface area contributed by atoms with Crippen LogP contribution in [0.1, 0.15) is 59.1 Å². The van der Waals surface area contributed by atoms with Gasteiger partial charge in [0.05, 0.1) is 5.01 Å². The molecule has 2 N–H and O–H groups in total. The fourth-order valence-electron chi connectivity index (χ4n) is 4.46. The number of benzene rings is 1. The molecule has 6 rings (SSSR count). The number of nitrogens with one attached hydrogen (secondary N) is 2. The third kappa shape index (κ3) is 3.62. The number of thiazole rings is 1. The maximum absolute atomic E-state index is 12.5. The Morgan fingerprint density at radius 3 is 2.66 bits per heavy atom. The van der Waals surface area contributed by atoms with E-state index in [0.717, 1.165) is 29.8 Å². The topological polar surface area (TPSA) is 80.3 Å². The van der Waals surface area contributed by atoms with Crippen LogP contribution in [0, 0.1) is 6.92 Å². The second-order valence-corrected chi connectivity index (χ2v) is 9.94. The first kappa shape index (κ1) is 18.9. The standard InChI is InChI=1S/C21H22ClN3O3S/c1-12-6-14(4-5-15(12)22)28-7-17(26)24-20-9-21(10-20,11-20)25-18(27)16-8-29-19(23-16)13-2-3-13/h4-6,8,13H,2-3,7,9-11H2,1H3,(H,24,26)(H,25,27). The van der Waals surface area contributed by atoms with E-state index in [1.807, 2.05) is 18.4 Å². The van der Waals surface area contributed by atoms with Crippen LogP contribution in [-0.4, -0.2) is 34.5 Å². The van der Waals surface area contributed by atoms with Gasteiger partial charge < -0.3 is 15.4 Å². The molecule has 1 aromatic carbocycles. The van der Waals surface area contributed by atoms with Gasteiger partial charge in [-0.2, -0.15) is 0 Å². The van der Waals surface area contributed by atoms with Crippen LogP contribution in [0.5, 0.6) is 5.75 Å². The number of amides is 2. The third-order valence-electron chi connectivity index (χ3n) is 5.99. The van der Waals surface area contributed by atoms with E-state index in [1.54, 1.807) is 23.5 Å². The number of rotatable bonds is 7. The van der Waals surface area contributed by atoms with Gasteiger partial charge >= 0.3 is 0 Å². The van der Waals surface area contributed by atoms with Crippen molar-refractivity contribution in [3.8, 4) is 5.75 Å². The predicted octanol–water partition coefficient (Wildman–Crippen LogP) is 3.58. The summed E-state index contributed by atoms with van der Waals surface area (Å²) in [5.74, 6) is 0.936. The van der Waals surface area contributed by atoms with Gasteiger partial charge in [-0.25, -0.2) is 4.98 Å². The summed E-state index contributed by atoms with van der Waals surface area (Å²) in [7, 11) is 0. The van der Waals surface area contributed by atoms with Crippen molar-refractivity contribution in [2.75, 3.05) is 6.61 Å². The normalized spacial score (nSPS) is 26.8. The minimum Gasteiger partial charge on any atom is -0.484 e. The Kier molecular flexibility index (Phi) is 4.37. The Morgan fingerprint density at radius 2 is 1.97 bits per heavy atom. The molecule has 0 radical (unpaired) electrons. The summed E-state index contributed by atoms with van der Waals surface area (Å²) in [6.45, 7) is 1.86. The Balaban J connectivity index is 1.08. The van der Waals surface area contributed by atoms with Crippen molar-refractivity contribution in [2.24, 2.45) is 0 Å². The van der Waals surface area contributed by atoms with Gasteiger partial charge in [0, 0.05) is 27.4 Å². The fourth-order valence-corrected chi connectivity index (χ4v) is 5.54. The number of hydrogen-bond acceptors (Lipinski definition) is 5. The number of carbonyl (C=O) groups is 2. The summed E-state index contributed by atoms with van der Waals surface area (Å²) in [6, 6.07) is 5.32. The number of nitrogens with zero attached hydrogens (tertiary/aromatic N) is 1. The van der Waals surface area contributed by atoms with E-state index in [1.165, 1.54) is 12.8 Å². The van der Waals surface area contributed by atoms with Gasteiger partial charge in [-0.05, 0) is 62.8 Å². The van der Waals surface area contributed by atoms with E-state index < -0.39 is 0 Å². The summed E-state index contributed by atoms with van der Waals surface area (Å²) in [5.41, 5.74) is 1.03. The third-order valence-corrected chi connectivity index (χ3v) is 7.43. The fraction of sp³-hybridized carbons (Fsp3) is 0.476. The number of aromatic nitrogens is 1. The SMILES string of the molecule is Cc1cc(OCC(=O)NC23CC(NC(=O)c4csc(C5CC5)n4)(C2)C3)ccc1Cl. The largest absolute Gasteiger partial charge is 0.484 e. The maximum Gasteiger partial charge on any atom is 0.271 e. The molecule has 0 unspecified atom stereocenters. The summed E-state index contributed by atoms with van der Waals surface area (Å²) in [5, 5.41) is 9.79. The average Bonchev–Trinajstić information content (AvgIpc) is 3.36. The molecule has 4 aliphatic carbocycles. The van der Waals surface area contributed by atoms with Crippen LogP contribution in [0.2, 0.25) is 5.02 Å². The highest BCUT2D eigenvalue weighted by atomic mass is 35.5. The van der Waals surface area contributed by atoms with E-state index in [2.05, 4.69) is 15.6 Å². The predicted molar refractivity (Wildman–Crippen MR) is 111 cm³/mol. The zero-order valence-corrected chi connectivity index (χ0v) is 17.7. The molecule has 4 fully saturated rings. The summed E-state index contributed by atoms with van der Waals surface area (Å²) < 4.78 is 5.56. The molecule has 2 amide bonds. The molecule has 2 aromatic rings. The van der Waals surface area contributed by atoms with Crippen molar-refractivity contribution < 1.29 is 14.3 Å². The molecule has 4 aliphatic rings. The molecule has 0 saturated heterocycles. The van der Waals surface area contributed by atoms with Crippen LogP contribution in [0.15, 0.2) is 23.6 Å². The zero-order valence-electron chi connectivity index (χ0n) is 16.1. The summed E-state index contributed by atoms with van der Waals surface area (Å²) >= 11 is 7.58. The van der Waals surface area contributed by atoms with Crippen LogP contribution in [0.3, 0.4) is 0 Å². The monoisotopic (exact) mass is 431 g/mol. The Hall–Kier alpha value is -2.12. The van der Waals surface area contributed by atoms with Crippen LogP contribution in [-0.2, 0) is 4.79 Å². The Bertz CT molecular complexity index is 981. The van der Waals surface area contributed by atoms with E-state index in [4.69, 9.17) is 16.3 Å².